The second kappa shape index (κ2) is 22.5. The summed E-state index contributed by atoms with van der Waals surface area (Å²) < 4.78 is 22.3. The Morgan fingerprint density at radius 2 is 0.588 bits per heavy atom. The van der Waals surface area contributed by atoms with Gasteiger partial charge in [0.1, 0.15) is 0 Å². The molecule has 68 heavy (non-hydrogen) atoms. The van der Waals surface area contributed by atoms with E-state index in [1.54, 1.807) is 24.3 Å². The van der Waals surface area contributed by atoms with Gasteiger partial charge in [0.25, 0.3) is 0 Å². The van der Waals surface area contributed by atoms with E-state index in [4.69, 9.17) is 18.9 Å². The number of nitrogens with zero attached hydrogens (tertiary/aromatic N) is 10. The molecule has 0 aliphatic carbocycles. The summed E-state index contributed by atoms with van der Waals surface area (Å²) in [5.74, 6) is -4.76. The third-order valence-electron chi connectivity index (χ3n) is 12.1. The van der Waals surface area contributed by atoms with Crippen molar-refractivity contribution in [3.63, 3.8) is 0 Å². The van der Waals surface area contributed by atoms with Gasteiger partial charge in [-0.3, -0.25) is 9.80 Å². The summed E-state index contributed by atoms with van der Waals surface area (Å²) in [6, 6.07) is 13.6. The highest BCUT2D eigenvalue weighted by molar-refractivity contribution is 5.88. The fraction of sp³-hybridized carbons (Fsp3) is 0.478. The van der Waals surface area contributed by atoms with E-state index in [1.807, 2.05) is 53.7 Å². The van der Waals surface area contributed by atoms with Crippen LogP contribution in [0, 0.1) is 0 Å². The van der Waals surface area contributed by atoms with Crippen molar-refractivity contribution in [3.05, 3.63) is 94.1 Å². The van der Waals surface area contributed by atoms with E-state index in [2.05, 4.69) is 19.9 Å². The summed E-state index contributed by atoms with van der Waals surface area (Å²) in [6.45, 7) is 9.38. The third-order valence-corrected chi connectivity index (χ3v) is 12.1. The van der Waals surface area contributed by atoms with Gasteiger partial charge >= 0.3 is 23.9 Å². The van der Waals surface area contributed by atoms with Gasteiger partial charge < -0.3 is 59.0 Å². The zero-order valence-corrected chi connectivity index (χ0v) is 37.7. The van der Waals surface area contributed by atoms with Crippen LogP contribution in [0.2, 0.25) is 0 Å². The Balaban J connectivity index is 1.17. The molecule has 4 aromatic heterocycles. The number of hydrogen-bond acceptors (Lipinski definition) is 18. The normalized spacial score (nSPS) is 16.9. The summed E-state index contributed by atoms with van der Waals surface area (Å²) in [4.78, 5) is 80.4. The number of carboxylic acids is 4. The van der Waals surface area contributed by atoms with Crippen LogP contribution in [-0.2, 0) is 45.1 Å². The lowest BCUT2D eigenvalue weighted by molar-refractivity contribution is 0.0678. The minimum atomic E-state index is -1.19. The molecule has 22 heteroatoms. The van der Waals surface area contributed by atoms with Crippen molar-refractivity contribution < 1.29 is 58.6 Å². The minimum absolute atomic E-state index is 0.125. The zero-order valence-electron chi connectivity index (χ0n) is 37.7. The minimum Gasteiger partial charge on any atom is -0.477 e. The predicted molar refractivity (Wildman–Crippen MR) is 245 cm³/mol. The van der Waals surface area contributed by atoms with Crippen molar-refractivity contribution in [1.82, 2.24) is 29.7 Å². The number of aromatic carboxylic acids is 4. The molecule has 0 saturated carbocycles. The van der Waals surface area contributed by atoms with Crippen LogP contribution >= 0.6 is 0 Å². The molecular weight excluding hydrogens is 885 g/mol. The van der Waals surface area contributed by atoms with Crippen LogP contribution in [0.3, 0.4) is 0 Å². The molecule has 0 unspecified atom stereocenters. The maximum absolute atomic E-state index is 12.5. The number of anilines is 4. The van der Waals surface area contributed by atoms with E-state index >= 15 is 0 Å². The molecule has 4 N–H and O–H groups in total. The van der Waals surface area contributed by atoms with Crippen molar-refractivity contribution >= 4 is 46.6 Å². The molecule has 0 aromatic carbocycles. The van der Waals surface area contributed by atoms with Gasteiger partial charge in [0.2, 0.25) is 0 Å². The van der Waals surface area contributed by atoms with Crippen molar-refractivity contribution in [2.24, 2.45) is 0 Å². The molecule has 4 saturated heterocycles. The molecule has 0 spiro atoms. The quantitative estimate of drug-likeness (QED) is 0.105. The van der Waals surface area contributed by atoms with Crippen LogP contribution < -0.4 is 19.6 Å². The maximum atomic E-state index is 12.5. The zero-order chi connectivity index (χ0) is 47.6. The van der Waals surface area contributed by atoms with Crippen LogP contribution in [0.1, 0.15) is 64.7 Å². The van der Waals surface area contributed by atoms with Gasteiger partial charge in [-0.25, -0.2) is 39.1 Å². The summed E-state index contributed by atoms with van der Waals surface area (Å²) in [7, 11) is 0. The molecule has 0 bridgehead atoms. The molecule has 0 amide bonds. The summed E-state index contributed by atoms with van der Waals surface area (Å²) in [5.41, 5.74) is 4.01. The Kier molecular flexibility index (Phi) is 15.8. The Bertz CT molecular complexity index is 2110. The lowest BCUT2D eigenvalue weighted by Gasteiger charge is -2.32. The fourth-order valence-electron chi connectivity index (χ4n) is 8.69. The number of aromatic nitrogens is 4. The van der Waals surface area contributed by atoms with Gasteiger partial charge in [-0.2, -0.15) is 0 Å². The second-order valence-electron chi connectivity index (χ2n) is 16.8. The first kappa shape index (κ1) is 47.9. The number of carboxylic acid groups (broad SMARTS) is 4. The largest absolute Gasteiger partial charge is 0.477 e. The molecule has 4 aliphatic rings. The SMILES string of the molecule is O=C(O)c1cc(N2CCOCC2)cc(CN(CCN(Cc2cc(N3CCOCC3)cc(C(=O)O)n2)Cc2cc(N3CCOCC3)cc(C(=O)O)n2)Cc2cc(N3CCOCC3)cc(C(=O)O)n2)n1. The first-order valence-electron chi connectivity index (χ1n) is 22.7. The predicted octanol–water partition coefficient (Wildman–Crippen LogP) is 2.11. The second-order valence-corrected chi connectivity index (χ2v) is 16.8. The van der Waals surface area contributed by atoms with Crippen molar-refractivity contribution in [2.75, 3.05) is 138 Å². The first-order chi connectivity index (χ1) is 32.9. The number of pyridine rings is 4. The number of hydrogen-bond donors (Lipinski definition) is 4. The number of rotatable bonds is 19. The van der Waals surface area contributed by atoms with E-state index in [0.717, 1.165) is 0 Å². The molecule has 0 atom stereocenters. The van der Waals surface area contributed by atoms with Crippen LogP contribution in [0.15, 0.2) is 48.5 Å². The molecule has 362 valence electrons. The van der Waals surface area contributed by atoms with Gasteiger partial charge in [0.15, 0.2) is 22.8 Å². The average Bonchev–Trinajstić information content (AvgIpc) is 3.36. The van der Waals surface area contributed by atoms with Crippen molar-refractivity contribution in [3.8, 4) is 0 Å². The van der Waals surface area contributed by atoms with Crippen molar-refractivity contribution in [2.45, 2.75) is 26.2 Å². The summed E-state index contributed by atoms with van der Waals surface area (Å²) in [6.07, 6.45) is 0. The Hall–Kier alpha value is -6.56. The van der Waals surface area contributed by atoms with E-state index < -0.39 is 23.9 Å². The lowest BCUT2D eigenvalue weighted by Crippen LogP contribution is -2.38. The molecule has 4 aromatic rings. The van der Waals surface area contributed by atoms with Crippen LogP contribution in [0.25, 0.3) is 0 Å². The van der Waals surface area contributed by atoms with Crippen molar-refractivity contribution in [1.29, 1.82) is 0 Å². The molecule has 8 rings (SSSR count). The molecule has 4 fully saturated rings. The standard InChI is InChI=1S/C46H56N10O12/c57-43(58)39-23-35(53-3-11-65-12-4-53)19-31(47-39)27-51(28-32-20-36(24-40(48-32)44(59)60)54-5-13-66-14-6-54)1-2-52(29-33-21-37(25-41(49-33)45(61)62)55-7-15-67-16-8-55)30-34-22-38(26-42(50-34)46(63)64)56-9-17-68-18-10-56/h19-26H,1-18,27-30H2,(H,57,58)(H,59,60)(H,61,62)(H,63,64). The third kappa shape index (κ3) is 12.7. The van der Waals surface area contributed by atoms with E-state index in [-0.39, 0.29) is 62.0 Å². The van der Waals surface area contributed by atoms with Gasteiger partial charge in [-0.1, -0.05) is 0 Å². The average molecular weight is 941 g/mol. The highest BCUT2D eigenvalue weighted by Gasteiger charge is 2.24. The van der Waals surface area contributed by atoms with E-state index in [0.29, 0.717) is 151 Å². The van der Waals surface area contributed by atoms with Gasteiger partial charge in [0, 0.05) is 114 Å². The van der Waals surface area contributed by atoms with Crippen LogP contribution in [-0.4, -0.2) is 192 Å². The molecule has 0 radical (unpaired) electrons. The highest BCUT2D eigenvalue weighted by Crippen LogP contribution is 2.26. The topological polar surface area (TPSA) is 257 Å². The number of morpholine rings is 4. The van der Waals surface area contributed by atoms with Gasteiger partial charge in [0.05, 0.1) is 75.6 Å². The molecular formula is C46H56N10O12. The van der Waals surface area contributed by atoms with Gasteiger partial charge in [-0.05, 0) is 48.5 Å². The smallest absolute Gasteiger partial charge is 0.354 e. The van der Waals surface area contributed by atoms with E-state index in [9.17, 15) is 39.6 Å². The molecule has 4 aliphatic heterocycles. The monoisotopic (exact) mass is 940 g/mol. The summed E-state index contributed by atoms with van der Waals surface area (Å²) in [5, 5.41) is 40.8. The van der Waals surface area contributed by atoms with Crippen LogP contribution in [0.5, 0.6) is 0 Å². The fourth-order valence-corrected chi connectivity index (χ4v) is 8.69. The van der Waals surface area contributed by atoms with Gasteiger partial charge in [-0.15, -0.1) is 0 Å². The lowest BCUT2D eigenvalue weighted by atomic mass is 10.2. The number of carbonyl (C=O) groups is 4. The first-order valence-corrected chi connectivity index (χ1v) is 22.7. The van der Waals surface area contributed by atoms with E-state index in [1.165, 1.54) is 0 Å². The molecule has 22 nitrogen and oxygen atoms in total. The highest BCUT2D eigenvalue weighted by atomic mass is 16.5. The number of ether oxygens (including phenoxy) is 4. The molecule has 8 heterocycles. The Morgan fingerprint density at radius 1 is 0.382 bits per heavy atom. The van der Waals surface area contributed by atoms with Crippen LogP contribution in [0.4, 0.5) is 22.7 Å². The Labute approximate surface area is 392 Å². The Morgan fingerprint density at radius 3 is 0.779 bits per heavy atom. The maximum Gasteiger partial charge on any atom is 0.354 e. The summed E-state index contributed by atoms with van der Waals surface area (Å²) >= 11 is 0.